The Bertz CT molecular complexity index is 1800. The van der Waals surface area contributed by atoms with E-state index in [2.05, 4.69) is 10.2 Å². The Kier molecular flexibility index (Phi) is 3.32. The quantitative estimate of drug-likeness (QED) is 0.313. The minimum atomic E-state index is -0.348. The standard InChI is InChI=1S/C24H16N4O4/c1-9-19(11(3)29)25-27-21(9)13-5-7-16-18-14(6-8-15(17(13)18)23(27)31)22-10(2)20(12(4)30)26-28(22)24(16)32/h5-8H,1-4H3. The van der Waals surface area contributed by atoms with Gasteiger partial charge in [-0.2, -0.15) is 19.2 Å². The van der Waals surface area contributed by atoms with Gasteiger partial charge >= 0.3 is 0 Å². The van der Waals surface area contributed by atoms with E-state index in [-0.39, 0.29) is 34.1 Å². The number of rotatable bonds is 2. The number of carbonyl (C=O) groups is 2. The summed E-state index contributed by atoms with van der Waals surface area (Å²) in [5.41, 5.74) is 2.18. The van der Waals surface area contributed by atoms with E-state index in [0.717, 1.165) is 10.8 Å². The van der Waals surface area contributed by atoms with E-state index in [4.69, 9.17) is 0 Å². The SMILES string of the molecule is CC(=O)c1nn2c(=O)c3ccc4c5c(ccc(c35)c2c1C)c(=O)n1nc(C(C)=O)c(C)c41. The van der Waals surface area contributed by atoms with Crippen LogP contribution in [0.5, 0.6) is 0 Å². The molecule has 0 aliphatic carbocycles. The zero-order valence-electron chi connectivity index (χ0n) is 17.7. The van der Waals surface area contributed by atoms with Gasteiger partial charge in [-0.15, -0.1) is 0 Å². The summed E-state index contributed by atoms with van der Waals surface area (Å²) in [4.78, 5) is 50.8. The maximum absolute atomic E-state index is 13.3. The molecule has 0 unspecified atom stereocenters. The highest BCUT2D eigenvalue weighted by Gasteiger charge is 2.24. The number of benzene rings is 2. The molecule has 0 aliphatic rings. The van der Waals surface area contributed by atoms with Crippen LogP contribution in [0.2, 0.25) is 0 Å². The van der Waals surface area contributed by atoms with Crippen LogP contribution in [-0.2, 0) is 0 Å². The molecule has 0 spiro atoms. The summed E-state index contributed by atoms with van der Waals surface area (Å²) in [6.45, 7) is 6.38. The lowest BCUT2D eigenvalue weighted by Gasteiger charge is -2.12. The van der Waals surface area contributed by atoms with E-state index in [9.17, 15) is 19.2 Å². The number of pyridine rings is 2. The summed E-state index contributed by atoms with van der Waals surface area (Å²) in [5.74, 6) is -0.440. The predicted molar refractivity (Wildman–Crippen MR) is 121 cm³/mol. The van der Waals surface area contributed by atoms with Crippen LogP contribution in [0.1, 0.15) is 46.0 Å². The zero-order valence-corrected chi connectivity index (χ0v) is 17.7. The van der Waals surface area contributed by atoms with Crippen molar-refractivity contribution in [3.05, 3.63) is 67.5 Å². The van der Waals surface area contributed by atoms with Crippen LogP contribution in [0.15, 0.2) is 33.9 Å². The van der Waals surface area contributed by atoms with E-state index in [1.54, 1.807) is 38.1 Å². The molecular weight excluding hydrogens is 408 g/mol. The van der Waals surface area contributed by atoms with E-state index >= 15 is 0 Å². The zero-order chi connectivity index (χ0) is 22.6. The molecule has 8 heteroatoms. The van der Waals surface area contributed by atoms with E-state index in [1.165, 1.54) is 22.9 Å². The van der Waals surface area contributed by atoms with Crippen LogP contribution in [0, 0.1) is 13.8 Å². The number of fused-ring (bicyclic) bond motifs is 4. The highest BCUT2D eigenvalue weighted by molar-refractivity contribution is 6.28. The fourth-order valence-corrected chi connectivity index (χ4v) is 5.06. The monoisotopic (exact) mass is 424 g/mol. The third-order valence-electron chi connectivity index (χ3n) is 6.43. The van der Waals surface area contributed by atoms with Crippen molar-refractivity contribution in [3.8, 4) is 0 Å². The molecule has 32 heavy (non-hydrogen) atoms. The molecule has 8 nitrogen and oxygen atoms in total. The van der Waals surface area contributed by atoms with Crippen LogP contribution >= 0.6 is 0 Å². The first-order chi connectivity index (χ1) is 15.2. The highest BCUT2D eigenvalue weighted by Crippen LogP contribution is 2.37. The summed E-state index contributed by atoms with van der Waals surface area (Å²) in [6, 6.07) is 6.99. The third kappa shape index (κ3) is 1.97. The van der Waals surface area contributed by atoms with Gasteiger partial charge in [0.15, 0.2) is 11.6 Å². The van der Waals surface area contributed by atoms with Crippen LogP contribution in [0.3, 0.4) is 0 Å². The molecule has 0 saturated heterocycles. The van der Waals surface area contributed by atoms with Crippen molar-refractivity contribution >= 4 is 54.9 Å². The molecule has 4 aromatic heterocycles. The van der Waals surface area contributed by atoms with Crippen molar-refractivity contribution < 1.29 is 9.59 Å². The first-order valence-electron chi connectivity index (χ1n) is 10.1. The van der Waals surface area contributed by atoms with Gasteiger partial charge in [0.05, 0.1) is 21.8 Å². The number of carbonyl (C=O) groups excluding carboxylic acids is 2. The fourth-order valence-electron chi connectivity index (χ4n) is 5.06. The van der Waals surface area contributed by atoms with Crippen molar-refractivity contribution in [2.75, 3.05) is 0 Å². The number of hydrogen-bond donors (Lipinski definition) is 0. The lowest BCUT2D eigenvalue weighted by Crippen LogP contribution is -2.18. The van der Waals surface area contributed by atoms with Crippen molar-refractivity contribution in [1.82, 2.24) is 19.2 Å². The van der Waals surface area contributed by atoms with Crippen molar-refractivity contribution in [1.29, 1.82) is 0 Å². The molecule has 6 rings (SSSR count). The lowest BCUT2D eigenvalue weighted by atomic mass is 9.94. The van der Waals surface area contributed by atoms with Crippen LogP contribution < -0.4 is 11.1 Å². The van der Waals surface area contributed by atoms with Gasteiger partial charge in [0.1, 0.15) is 11.4 Å². The van der Waals surface area contributed by atoms with Crippen LogP contribution in [0.25, 0.3) is 43.4 Å². The van der Waals surface area contributed by atoms with Crippen LogP contribution in [0.4, 0.5) is 0 Å². The molecule has 0 aliphatic heterocycles. The Morgan fingerprint density at radius 3 is 1.34 bits per heavy atom. The smallest absolute Gasteiger partial charge is 0.279 e. The largest absolute Gasteiger partial charge is 0.293 e. The molecule has 156 valence electrons. The van der Waals surface area contributed by atoms with E-state index in [0.29, 0.717) is 43.7 Å². The summed E-state index contributed by atoms with van der Waals surface area (Å²) in [5, 5.41) is 12.2. The summed E-state index contributed by atoms with van der Waals surface area (Å²) in [6.07, 6.45) is 0. The molecule has 0 fully saturated rings. The fraction of sp³-hybridized carbons (Fsp3) is 0.167. The third-order valence-corrected chi connectivity index (χ3v) is 6.43. The normalized spacial score (nSPS) is 12.2. The predicted octanol–water partition coefficient (Wildman–Crippen LogP) is 3.06. The molecule has 0 amide bonds. The van der Waals surface area contributed by atoms with Gasteiger partial charge in [-0.25, -0.2) is 0 Å². The number of aromatic nitrogens is 4. The first-order valence-corrected chi connectivity index (χ1v) is 10.1. The second kappa shape index (κ2) is 5.73. The second-order valence-electron chi connectivity index (χ2n) is 8.26. The topological polar surface area (TPSA) is 103 Å². The van der Waals surface area contributed by atoms with E-state index < -0.39 is 0 Å². The molecule has 2 aromatic carbocycles. The number of Topliss-reactive ketones (excluding diaryl/α,β-unsaturated/α-hetero) is 2. The summed E-state index contributed by atoms with van der Waals surface area (Å²) in [7, 11) is 0. The number of aryl methyl sites for hydroxylation is 2. The average molecular weight is 424 g/mol. The van der Waals surface area contributed by atoms with Gasteiger partial charge in [0.25, 0.3) is 11.1 Å². The van der Waals surface area contributed by atoms with Gasteiger partial charge < -0.3 is 0 Å². The summed E-state index contributed by atoms with van der Waals surface area (Å²) < 4.78 is 2.55. The van der Waals surface area contributed by atoms with Gasteiger partial charge in [0.2, 0.25) is 0 Å². The average Bonchev–Trinajstić information content (AvgIpc) is 3.29. The van der Waals surface area contributed by atoms with Crippen molar-refractivity contribution in [2.24, 2.45) is 0 Å². The Labute approximate surface area is 179 Å². The maximum atomic E-state index is 13.3. The Hall–Kier alpha value is -4.20. The molecule has 4 heterocycles. The first kappa shape index (κ1) is 18.6. The molecule has 0 N–H and O–H groups in total. The second-order valence-corrected chi connectivity index (χ2v) is 8.26. The molecule has 6 aromatic rings. The van der Waals surface area contributed by atoms with Crippen LogP contribution in [-0.4, -0.2) is 30.8 Å². The number of ketones is 2. The minimum Gasteiger partial charge on any atom is -0.293 e. The highest BCUT2D eigenvalue weighted by atomic mass is 16.1. The van der Waals surface area contributed by atoms with Gasteiger partial charge in [-0.1, -0.05) is 12.1 Å². The Morgan fingerprint density at radius 1 is 0.656 bits per heavy atom. The van der Waals surface area contributed by atoms with Crippen molar-refractivity contribution in [2.45, 2.75) is 27.7 Å². The maximum Gasteiger partial charge on any atom is 0.279 e. The van der Waals surface area contributed by atoms with Gasteiger partial charge in [-0.3, -0.25) is 19.2 Å². The molecule has 0 saturated carbocycles. The Morgan fingerprint density at radius 2 is 1.00 bits per heavy atom. The molecule has 0 bridgehead atoms. The molecule has 0 atom stereocenters. The molecular formula is C24H16N4O4. The Balaban J connectivity index is 1.97. The van der Waals surface area contributed by atoms with E-state index in [1.807, 2.05) is 0 Å². The molecule has 0 radical (unpaired) electrons. The number of nitrogens with zero attached hydrogens (tertiary/aromatic N) is 4. The summed E-state index contributed by atoms with van der Waals surface area (Å²) >= 11 is 0. The minimum absolute atomic E-state index is 0.220. The van der Waals surface area contributed by atoms with Gasteiger partial charge in [-0.05, 0) is 26.0 Å². The number of hydrogen-bond acceptors (Lipinski definition) is 6. The lowest BCUT2D eigenvalue weighted by molar-refractivity contribution is 0.0999. The van der Waals surface area contributed by atoms with Crippen molar-refractivity contribution in [3.63, 3.8) is 0 Å². The van der Waals surface area contributed by atoms with Gasteiger partial charge in [0, 0.05) is 46.5 Å².